The lowest BCUT2D eigenvalue weighted by molar-refractivity contribution is -0.115. The first-order chi connectivity index (χ1) is 12.7. The number of carbonyl (C=O) groups is 1. The average Bonchev–Trinajstić information content (AvgIpc) is 2.99. The molecule has 0 spiro atoms. The van der Waals surface area contributed by atoms with Crippen molar-refractivity contribution in [2.24, 2.45) is 0 Å². The van der Waals surface area contributed by atoms with Gasteiger partial charge in [0.1, 0.15) is 0 Å². The number of imidazole rings is 1. The molecular weight excluding hydrogens is 370 g/mol. The highest BCUT2D eigenvalue weighted by molar-refractivity contribution is 7.89. The minimum atomic E-state index is -3.90. The average molecular weight is 389 g/mol. The van der Waals surface area contributed by atoms with E-state index in [2.05, 4.69) is 20.0 Å². The van der Waals surface area contributed by atoms with Gasteiger partial charge in [0.15, 0.2) is 0 Å². The number of benzene rings is 2. The van der Waals surface area contributed by atoms with Crippen molar-refractivity contribution >= 4 is 38.3 Å². The Hall–Kier alpha value is -3.11. The number of aromatic amines is 2. The van der Waals surface area contributed by atoms with Crippen LogP contribution in [0.15, 0.2) is 52.2 Å². The molecule has 4 N–H and O–H groups in total. The van der Waals surface area contributed by atoms with Gasteiger partial charge in [0, 0.05) is 25.5 Å². The van der Waals surface area contributed by atoms with Gasteiger partial charge in [0.2, 0.25) is 15.9 Å². The van der Waals surface area contributed by atoms with Crippen LogP contribution in [0.25, 0.3) is 11.0 Å². The highest BCUT2D eigenvalue weighted by Crippen LogP contribution is 2.16. The summed E-state index contributed by atoms with van der Waals surface area (Å²) in [4.78, 5) is 30.2. The summed E-state index contributed by atoms with van der Waals surface area (Å²) in [6.45, 7) is -0.417. The summed E-state index contributed by atoms with van der Waals surface area (Å²) in [5.41, 5.74) is 1.99. The van der Waals surface area contributed by atoms with Crippen molar-refractivity contribution in [3.8, 4) is 0 Å². The van der Waals surface area contributed by atoms with Crippen molar-refractivity contribution in [2.75, 3.05) is 30.9 Å². The Labute approximate surface area is 155 Å². The van der Waals surface area contributed by atoms with Gasteiger partial charge in [-0.2, -0.15) is 0 Å². The van der Waals surface area contributed by atoms with Crippen LogP contribution in [-0.4, -0.2) is 44.9 Å². The molecule has 3 rings (SSSR count). The van der Waals surface area contributed by atoms with Crippen LogP contribution in [0.2, 0.25) is 0 Å². The normalized spacial score (nSPS) is 11.5. The molecule has 0 aliphatic rings. The number of fused-ring (bicyclic) bond motifs is 1. The number of nitrogens with zero attached hydrogens (tertiary/aromatic N) is 1. The predicted octanol–water partition coefficient (Wildman–Crippen LogP) is 0.839. The molecule has 1 heterocycles. The third-order valence-corrected chi connectivity index (χ3v) is 5.29. The van der Waals surface area contributed by atoms with Crippen molar-refractivity contribution in [1.29, 1.82) is 0 Å². The minimum Gasteiger partial charge on any atom is -0.378 e. The second-order valence-corrected chi connectivity index (χ2v) is 7.87. The van der Waals surface area contributed by atoms with Crippen molar-refractivity contribution in [2.45, 2.75) is 4.90 Å². The molecule has 0 aliphatic heterocycles. The van der Waals surface area contributed by atoms with Crippen molar-refractivity contribution in [3.05, 3.63) is 52.9 Å². The van der Waals surface area contributed by atoms with Crippen molar-refractivity contribution in [1.82, 2.24) is 14.7 Å². The third-order valence-electron chi connectivity index (χ3n) is 3.89. The SMILES string of the molecule is CN(C)c1ccc(NC(=O)CNS(=O)(=O)c2ccc3[nH]c(=O)[nH]c3c2)cc1. The smallest absolute Gasteiger partial charge is 0.323 e. The zero-order valence-corrected chi connectivity index (χ0v) is 15.6. The van der Waals surface area contributed by atoms with Crippen LogP contribution in [0, 0.1) is 0 Å². The van der Waals surface area contributed by atoms with E-state index < -0.39 is 28.2 Å². The molecular formula is C17H19N5O4S. The molecule has 27 heavy (non-hydrogen) atoms. The first-order valence-corrected chi connectivity index (χ1v) is 9.52. The van der Waals surface area contributed by atoms with Crippen LogP contribution in [-0.2, 0) is 14.8 Å². The fourth-order valence-corrected chi connectivity index (χ4v) is 3.48. The molecule has 0 saturated carbocycles. The molecule has 0 unspecified atom stereocenters. The number of hydrogen-bond donors (Lipinski definition) is 4. The first kappa shape index (κ1) is 18.7. The molecule has 1 amide bonds. The van der Waals surface area contributed by atoms with E-state index in [1.165, 1.54) is 18.2 Å². The standard InChI is InChI=1S/C17H19N5O4S/c1-22(2)12-5-3-11(4-6-12)19-16(23)10-18-27(25,26)13-7-8-14-15(9-13)21-17(24)20-14/h3-9,18H,10H2,1-2H3,(H,19,23)(H2,20,21,24). The molecule has 0 aliphatic carbocycles. The fourth-order valence-electron chi connectivity index (χ4n) is 2.47. The van der Waals surface area contributed by atoms with E-state index in [1.807, 2.05) is 31.1 Å². The molecule has 1 aromatic heterocycles. The Morgan fingerprint density at radius 2 is 1.70 bits per heavy atom. The summed E-state index contributed by atoms with van der Waals surface area (Å²) in [6, 6.07) is 11.3. The molecule has 10 heteroatoms. The Kier molecular flexibility index (Phi) is 5.02. The lowest BCUT2D eigenvalue weighted by Crippen LogP contribution is -2.32. The summed E-state index contributed by atoms with van der Waals surface area (Å²) >= 11 is 0. The van der Waals surface area contributed by atoms with Crippen LogP contribution in [0.4, 0.5) is 11.4 Å². The maximum Gasteiger partial charge on any atom is 0.323 e. The topological polar surface area (TPSA) is 127 Å². The molecule has 0 bridgehead atoms. The van der Waals surface area contributed by atoms with E-state index in [4.69, 9.17) is 0 Å². The van der Waals surface area contributed by atoms with E-state index >= 15 is 0 Å². The van der Waals surface area contributed by atoms with Crippen LogP contribution in [0.3, 0.4) is 0 Å². The molecule has 9 nitrogen and oxygen atoms in total. The Bertz CT molecular complexity index is 1130. The quantitative estimate of drug-likeness (QED) is 0.497. The molecule has 0 atom stereocenters. The fraction of sp³-hybridized carbons (Fsp3) is 0.176. The molecule has 3 aromatic rings. The van der Waals surface area contributed by atoms with Gasteiger partial charge in [-0.1, -0.05) is 0 Å². The molecule has 142 valence electrons. The number of H-pyrrole nitrogens is 2. The van der Waals surface area contributed by atoms with Gasteiger partial charge in [0.05, 0.1) is 22.5 Å². The highest BCUT2D eigenvalue weighted by Gasteiger charge is 2.16. The summed E-state index contributed by atoms with van der Waals surface area (Å²) in [5.74, 6) is -0.493. The lowest BCUT2D eigenvalue weighted by atomic mass is 10.2. The first-order valence-electron chi connectivity index (χ1n) is 8.03. The Morgan fingerprint density at radius 1 is 1.04 bits per heavy atom. The number of anilines is 2. The molecule has 0 fully saturated rings. The second kappa shape index (κ2) is 7.25. The number of nitrogens with one attached hydrogen (secondary N) is 4. The summed E-state index contributed by atoms with van der Waals surface area (Å²) in [6.07, 6.45) is 0. The van der Waals surface area contributed by atoms with Gasteiger partial charge in [0.25, 0.3) is 0 Å². The van der Waals surface area contributed by atoms with E-state index in [0.717, 1.165) is 5.69 Å². The van der Waals surface area contributed by atoms with Gasteiger partial charge in [-0.15, -0.1) is 0 Å². The number of carbonyl (C=O) groups excluding carboxylic acids is 1. The second-order valence-electron chi connectivity index (χ2n) is 6.10. The summed E-state index contributed by atoms with van der Waals surface area (Å²) in [5, 5.41) is 2.63. The summed E-state index contributed by atoms with van der Waals surface area (Å²) in [7, 11) is -0.0901. The number of rotatable bonds is 6. The van der Waals surface area contributed by atoms with Crippen LogP contribution >= 0.6 is 0 Å². The lowest BCUT2D eigenvalue weighted by Gasteiger charge is -2.13. The van der Waals surface area contributed by atoms with Gasteiger partial charge in [-0.3, -0.25) is 4.79 Å². The van der Waals surface area contributed by atoms with Gasteiger partial charge in [-0.25, -0.2) is 17.9 Å². The van der Waals surface area contributed by atoms with E-state index in [0.29, 0.717) is 16.7 Å². The zero-order chi connectivity index (χ0) is 19.6. The van der Waals surface area contributed by atoms with E-state index in [-0.39, 0.29) is 4.90 Å². The summed E-state index contributed by atoms with van der Waals surface area (Å²) < 4.78 is 27.0. The third kappa shape index (κ3) is 4.36. The van der Waals surface area contributed by atoms with Crippen molar-refractivity contribution in [3.63, 3.8) is 0 Å². The largest absolute Gasteiger partial charge is 0.378 e. The number of aromatic nitrogens is 2. The molecule has 0 saturated heterocycles. The van der Waals surface area contributed by atoms with Gasteiger partial charge < -0.3 is 20.2 Å². The number of amides is 1. The maximum absolute atomic E-state index is 12.4. The van der Waals surface area contributed by atoms with Gasteiger partial charge in [-0.05, 0) is 42.5 Å². The number of hydrogen-bond acceptors (Lipinski definition) is 5. The van der Waals surface area contributed by atoms with Crippen LogP contribution < -0.4 is 20.6 Å². The van der Waals surface area contributed by atoms with E-state index in [9.17, 15) is 18.0 Å². The van der Waals surface area contributed by atoms with E-state index in [1.54, 1.807) is 12.1 Å². The minimum absolute atomic E-state index is 0.0478. The Morgan fingerprint density at radius 3 is 2.37 bits per heavy atom. The number of sulfonamides is 1. The van der Waals surface area contributed by atoms with Gasteiger partial charge >= 0.3 is 5.69 Å². The van der Waals surface area contributed by atoms with Crippen LogP contribution in [0.5, 0.6) is 0 Å². The maximum atomic E-state index is 12.4. The zero-order valence-electron chi connectivity index (χ0n) is 14.7. The van der Waals surface area contributed by atoms with Crippen molar-refractivity contribution < 1.29 is 13.2 Å². The monoisotopic (exact) mass is 389 g/mol. The highest BCUT2D eigenvalue weighted by atomic mass is 32.2. The predicted molar refractivity (Wildman–Crippen MR) is 104 cm³/mol. The molecule has 2 aromatic carbocycles. The molecule has 0 radical (unpaired) electrons. The van der Waals surface area contributed by atoms with Crippen LogP contribution in [0.1, 0.15) is 0 Å². The Balaban J connectivity index is 1.64.